The summed E-state index contributed by atoms with van der Waals surface area (Å²) in [6.45, 7) is 5.39. The molecule has 0 aliphatic heterocycles. The van der Waals surface area contributed by atoms with E-state index in [4.69, 9.17) is 16.3 Å². The van der Waals surface area contributed by atoms with E-state index in [0.717, 1.165) is 18.1 Å². The van der Waals surface area contributed by atoms with Gasteiger partial charge in [0.2, 0.25) is 0 Å². The molecule has 0 aromatic carbocycles. The van der Waals surface area contributed by atoms with E-state index in [1.54, 1.807) is 0 Å². The minimum atomic E-state index is 0.642. The van der Waals surface area contributed by atoms with E-state index < -0.39 is 0 Å². The fraction of sp³-hybridized carbons (Fsp3) is 0.714. The smallest absolute Gasteiger partial charge is 0.0661 e. The molecule has 0 aliphatic carbocycles. The van der Waals surface area contributed by atoms with Gasteiger partial charge in [0.05, 0.1) is 6.61 Å². The Bertz CT molecular complexity index is 84.9. The maximum absolute atomic E-state index is 5.54. The lowest BCUT2D eigenvalue weighted by molar-refractivity contribution is 0.163. The fourth-order valence-electron chi connectivity index (χ4n) is 0.401. The third-order valence-corrected chi connectivity index (χ3v) is 0.985. The molecule has 0 saturated heterocycles. The van der Waals surface area contributed by atoms with Crippen LogP contribution in [0.4, 0.5) is 0 Å². The number of rotatable bonds is 4. The normalized spacial score (nSPS) is 12.1. The molecule has 0 atom stereocenters. The fourth-order valence-corrected chi connectivity index (χ4v) is 0.464. The van der Waals surface area contributed by atoms with Crippen LogP contribution in [0.5, 0.6) is 0 Å². The first-order valence-electron chi connectivity index (χ1n) is 3.17. The maximum Gasteiger partial charge on any atom is 0.0661 e. The van der Waals surface area contributed by atoms with Crippen LogP contribution in [0.3, 0.4) is 0 Å². The Morgan fingerprint density at radius 3 is 2.78 bits per heavy atom. The molecule has 0 unspecified atom stereocenters. The van der Waals surface area contributed by atoms with Crippen LogP contribution in [-0.2, 0) is 4.74 Å². The monoisotopic (exact) mass is 148 g/mol. The van der Waals surface area contributed by atoms with E-state index in [-0.39, 0.29) is 0 Å². The molecule has 0 fully saturated rings. The van der Waals surface area contributed by atoms with Gasteiger partial charge in [-0.1, -0.05) is 18.5 Å². The zero-order valence-electron chi connectivity index (χ0n) is 5.98. The predicted octanol–water partition coefficient (Wildman–Crippen LogP) is 2.56. The molecule has 54 valence electrons. The van der Waals surface area contributed by atoms with Gasteiger partial charge in [0, 0.05) is 11.6 Å². The first-order chi connectivity index (χ1) is 4.27. The van der Waals surface area contributed by atoms with Gasteiger partial charge >= 0.3 is 0 Å². The lowest BCUT2D eigenvalue weighted by Gasteiger charge is -1.95. The van der Waals surface area contributed by atoms with Crippen LogP contribution in [0.1, 0.15) is 20.3 Å². The molecule has 0 N–H and O–H groups in total. The van der Waals surface area contributed by atoms with Gasteiger partial charge < -0.3 is 4.74 Å². The van der Waals surface area contributed by atoms with Crippen LogP contribution < -0.4 is 0 Å². The maximum atomic E-state index is 5.54. The summed E-state index contributed by atoms with van der Waals surface area (Å²) in [4.78, 5) is 0. The van der Waals surface area contributed by atoms with Crippen molar-refractivity contribution in [1.82, 2.24) is 0 Å². The van der Waals surface area contributed by atoms with E-state index in [9.17, 15) is 0 Å². The molecule has 0 aliphatic rings. The van der Waals surface area contributed by atoms with E-state index in [2.05, 4.69) is 6.92 Å². The second kappa shape index (κ2) is 6.12. The number of hydrogen-bond donors (Lipinski definition) is 0. The van der Waals surface area contributed by atoms with Crippen LogP contribution in [-0.4, -0.2) is 13.2 Å². The van der Waals surface area contributed by atoms with E-state index in [1.165, 1.54) is 0 Å². The Hall–Kier alpha value is -0.0100. The van der Waals surface area contributed by atoms with Gasteiger partial charge in [0.25, 0.3) is 0 Å². The molecule has 9 heavy (non-hydrogen) atoms. The topological polar surface area (TPSA) is 9.23 Å². The molecule has 0 heterocycles. The molecule has 0 radical (unpaired) electrons. The summed E-state index contributed by atoms with van der Waals surface area (Å²) < 4.78 is 5.13. The van der Waals surface area contributed by atoms with Crippen molar-refractivity contribution in [3.05, 3.63) is 11.1 Å². The zero-order valence-corrected chi connectivity index (χ0v) is 6.74. The molecule has 0 rings (SSSR count). The Kier molecular flexibility index (Phi) is 6.11. The molecular weight excluding hydrogens is 136 g/mol. The number of hydrogen-bond acceptors (Lipinski definition) is 1. The van der Waals surface area contributed by atoms with Gasteiger partial charge in [-0.2, -0.15) is 0 Å². The SMILES string of the molecule is CCCOCC=C(C)Cl. The van der Waals surface area contributed by atoms with E-state index in [1.807, 2.05) is 13.0 Å². The van der Waals surface area contributed by atoms with Crippen molar-refractivity contribution in [3.63, 3.8) is 0 Å². The van der Waals surface area contributed by atoms with E-state index in [0.29, 0.717) is 6.61 Å². The minimum Gasteiger partial charge on any atom is -0.377 e. The Morgan fingerprint density at radius 2 is 2.33 bits per heavy atom. The number of halogens is 1. The third kappa shape index (κ3) is 7.99. The highest BCUT2D eigenvalue weighted by atomic mass is 35.5. The van der Waals surface area contributed by atoms with Crippen LogP contribution in [0.25, 0.3) is 0 Å². The molecule has 2 heteroatoms. The van der Waals surface area contributed by atoms with Crippen molar-refractivity contribution in [3.8, 4) is 0 Å². The first-order valence-corrected chi connectivity index (χ1v) is 3.55. The van der Waals surface area contributed by atoms with Crippen molar-refractivity contribution in [2.24, 2.45) is 0 Å². The molecule has 0 aromatic heterocycles. The van der Waals surface area contributed by atoms with Crippen molar-refractivity contribution in [2.45, 2.75) is 20.3 Å². The average molecular weight is 149 g/mol. The standard InChI is InChI=1S/C7H13ClO/c1-3-5-9-6-4-7(2)8/h4H,3,5-6H2,1-2H3. The molecule has 1 nitrogen and oxygen atoms in total. The van der Waals surface area contributed by atoms with Gasteiger partial charge in [-0.05, 0) is 19.4 Å². The summed E-state index contributed by atoms with van der Waals surface area (Å²) in [5.41, 5.74) is 0. The average Bonchev–Trinajstić information content (AvgIpc) is 1.80. The van der Waals surface area contributed by atoms with Gasteiger partial charge in [0.15, 0.2) is 0 Å². The highest BCUT2D eigenvalue weighted by Gasteiger charge is 1.81. The quantitative estimate of drug-likeness (QED) is 0.557. The summed E-state index contributed by atoms with van der Waals surface area (Å²) in [6, 6.07) is 0. The van der Waals surface area contributed by atoms with Crippen molar-refractivity contribution in [2.75, 3.05) is 13.2 Å². The van der Waals surface area contributed by atoms with Gasteiger partial charge in [0.1, 0.15) is 0 Å². The van der Waals surface area contributed by atoms with Crippen LogP contribution >= 0.6 is 11.6 Å². The zero-order chi connectivity index (χ0) is 7.11. The Morgan fingerprint density at radius 1 is 1.67 bits per heavy atom. The number of allylic oxidation sites excluding steroid dienone is 1. The summed E-state index contributed by atoms with van der Waals surface area (Å²) in [6.07, 6.45) is 2.92. The van der Waals surface area contributed by atoms with Gasteiger partial charge in [-0.3, -0.25) is 0 Å². The molecular formula is C7H13ClO. The van der Waals surface area contributed by atoms with Gasteiger partial charge in [-0.25, -0.2) is 0 Å². The lowest BCUT2D eigenvalue weighted by atomic mass is 10.5. The van der Waals surface area contributed by atoms with Crippen LogP contribution in [0.15, 0.2) is 11.1 Å². The molecule has 0 amide bonds. The summed E-state index contributed by atoms with van der Waals surface area (Å²) in [7, 11) is 0. The second-order valence-electron chi connectivity index (χ2n) is 1.87. The second-order valence-corrected chi connectivity index (χ2v) is 2.46. The Labute approximate surface area is 61.7 Å². The summed E-state index contributed by atoms with van der Waals surface area (Å²) >= 11 is 5.54. The lowest BCUT2D eigenvalue weighted by Crippen LogP contribution is -1.91. The number of ether oxygens (including phenoxy) is 1. The molecule has 0 bridgehead atoms. The largest absolute Gasteiger partial charge is 0.377 e. The van der Waals surface area contributed by atoms with Crippen molar-refractivity contribution in [1.29, 1.82) is 0 Å². The highest BCUT2D eigenvalue weighted by molar-refractivity contribution is 6.29. The predicted molar refractivity (Wildman–Crippen MR) is 40.7 cm³/mol. The van der Waals surface area contributed by atoms with Crippen LogP contribution in [0.2, 0.25) is 0 Å². The first kappa shape index (κ1) is 8.99. The minimum absolute atomic E-state index is 0.642. The van der Waals surface area contributed by atoms with Crippen molar-refractivity contribution >= 4 is 11.6 Å². The van der Waals surface area contributed by atoms with E-state index >= 15 is 0 Å². The summed E-state index contributed by atoms with van der Waals surface area (Å²) in [5.74, 6) is 0. The Balaban J connectivity index is 3.00. The highest BCUT2D eigenvalue weighted by Crippen LogP contribution is 1.96. The summed E-state index contributed by atoms with van der Waals surface area (Å²) in [5, 5.41) is 0.797. The van der Waals surface area contributed by atoms with Gasteiger partial charge in [-0.15, -0.1) is 0 Å². The van der Waals surface area contributed by atoms with Crippen molar-refractivity contribution < 1.29 is 4.74 Å². The molecule has 0 spiro atoms. The third-order valence-electron chi connectivity index (χ3n) is 0.831. The van der Waals surface area contributed by atoms with Crippen LogP contribution in [0, 0.1) is 0 Å². The molecule has 0 saturated carbocycles. The molecule has 0 aromatic rings.